The Morgan fingerprint density at radius 1 is 1.10 bits per heavy atom. The smallest absolute Gasteiger partial charge is 0.240 e. The highest BCUT2D eigenvalue weighted by Gasteiger charge is 2.33. The molecule has 2 aromatic carbocycles. The van der Waals surface area contributed by atoms with Crippen molar-refractivity contribution >= 4 is 15.7 Å². The van der Waals surface area contributed by atoms with Crippen LogP contribution in [0.15, 0.2) is 41.3 Å². The highest BCUT2D eigenvalue weighted by Crippen LogP contribution is 2.39. The van der Waals surface area contributed by atoms with Gasteiger partial charge in [-0.25, -0.2) is 17.5 Å². The van der Waals surface area contributed by atoms with Crippen molar-refractivity contribution in [2.75, 3.05) is 38.1 Å². The van der Waals surface area contributed by atoms with Crippen LogP contribution in [0.1, 0.15) is 36.0 Å². The predicted octanol–water partition coefficient (Wildman–Crippen LogP) is 3.28. The predicted molar refractivity (Wildman–Crippen MR) is 118 cm³/mol. The molecule has 2 atom stereocenters. The Hall–Kier alpha value is -1.96. The molecule has 5 nitrogen and oxygen atoms in total. The zero-order valence-electron chi connectivity index (χ0n) is 17.9. The zero-order valence-corrected chi connectivity index (χ0v) is 18.7. The second kappa shape index (κ2) is 8.29. The lowest BCUT2D eigenvalue weighted by molar-refractivity contribution is 0.312. The summed E-state index contributed by atoms with van der Waals surface area (Å²) in [7, 11) is -1.65. The third-order valence-corrected chi connectivity index (χ3v) is 8.05. The lowest BCUT2D eigenvalue weighted by Crippen LogP contribution is -2.46. The van der Waals surface area contributed by atoms with Crippen LogP contribution in [0.4, 0.5) is 10.1 Å². The highest BCUT2D eigenvalue weighted by atomic mass is 32.2. The van der Waals surface area contributed by atoms with Gasteiger partial charge in [-0.2, -0.15) is 0 Å². The van der Waals surface area contributed by atoms with Crippen molar-refractivity contribution in [3.05, 3.63) is 58.9 Å². The molecule has 2 aliphatic rings. The third-order valence-electron chi connectivity index (χ3n) is 6.56. The normalized spacial score (nSPS) is 22.7. The molecule has 1 saturated heterocycles. The van der Waals surface area contributed by atoms with E-state index in [1.54, 1.807) is 6.92 Å². The second-order valence-electron chi connectivity index (χ2n) is 8.61. The first-order valence-corrected chi connectivity index (χ1v) is 12.1. The second-order valence-corrected chi connectivity index (χ2v) is 10.3. The largest absolute Gasteiger partial charge is 0.369 e. The fourth-order valence-corrected chi connectivity index (χ4v) is 5.96. The number of hydrogen-bond donors (Lipinski definition) is 1. The van der Waals surface area contributed by atoms with E-state index >= 15 is 0 Å². The van der Waals surface area contributed by atoms with Gasteiger partial charge < -0.3 is 9.80 Å². The average molecular weight is 432 g/mol. The first-order chi connectivity index (χ1) is 14.3. The average Bonchev–Trinajstić information content (AvgIpc) is 2.72. The van der Waals surface area contributed by atoms with Gasteiger partial charge in [-0.05, 0) is 67.6 Å². The van der Waals surface area contributed by atoms with Crippen molar-refractivity contribution in [3.8, 4) is 0 Å². The Morgan fingerprint density at radius 2 is 1.83 bits per heavy atom. The van der Waals surface area contributed by atoms with E-state index in [2.05, 4.69) is 46.7 Å². The van der Waals surface area contributed by atoms with Gasteiger partial charge in [0.1, 0.15) is 5.82 Å². The molecule has 7 heteroatoms. The molecule has 0 amide bonds. The minimum Gasteiger partial charge on any atom is -0.369 e. The van der Waals surface area contributed by atoms with Crippen molar-refractivity contribution in [1.29, 1.82) is 0 Å². The van der Waals surface area contributed by atoms with Crippen LogP contribution in [0.5, 0.6) is 0 Å². The van der Waals surface area contributed by atoms with E-state index in [-0.39, 0.29) is 16.9 Å². The number of sulfonamides is 1. The topological polar surface area (TPSA) is 52.7 Å². The number of piperazine rings is 1. The minimum absolute atomic E-state index is 0.0176. The molecule has 0 radical (unpaired) electrons. The van der Waals surface area contributed by atoms with Crippen LogP contribution in [0, 0.1) is 12.7 Å². The Labute approximate surface area is 178 Å². The number of nitrogens with zero attached hydrogens (tertiary/aromatic N) is 2. The number of halogens is 1. The molecule has 1 aliphatic carbocycles. The summed E-state index contributed by atoms with van der Waals surface area (Å²) in [5.74, 6) is -0.466. The Morgan fingerprint density at radius 3 is 2.53 bits per heavy atom. The van der Waals surface area contributed by atoms with Gasteiger partial charge in [0.15, 0.2) is 0 Å². The van der Waals surface area contributed by atoms with Gasteiger partial charge >= 0.3 is 0 Å². The van der Waals surface area contributed by atoms with E-state index in [0.717, 1.165) is 45.1 Å². The first kappa shape index (κ1) is 21.3. The summed E-state index contributed by atoms with van der Waals surface area (Å²) in [5, 5.41) is 0. The summed E-state index contributed by atoms with van der Waals surface area (Å²) in [5.41, 5.74) is 4.20. The lowest BCUT2D eigenvalue weighted by Gasteiger charge is -2.39. The maximum Gasteiger partial charge on any atom is 0.240 e. The van der Waals surface area contributed by atoms with E-state index in [4.69, 9.17) is 0 Å². The van der Waals surface area contributed by atoms with Crippen LogP contribution in [-0.2, 0) is 16.4 Å². The SMILES string of the molecule is Cc1ccc(S(=O)(=O)N[C@@H]2CCc3cccc(N4CCN(C)CC4)c3C2C)cc1F. The molecule has 30 heavy (non-hydrogen) atoms. The van der Waals surface area contributed by atoms with E-state index in [0.29, 0.717) is 5.56 Å². The van der Waals surface area contributed by atoms with Gasteiger partial charge in [-0.15, -0.1) is 0 Å². The molecule has 0 saturated carbocycles. The summed E-state index contributed by atoms with van der Waals surface area (Å²) in [4.78, 5) is 4.73. The number of rotatable bonds is 4. The molecule has 1 heterocycles. The molecule has 1 unspecified atom stereocenters. The summed E-state index contributed by atoms with van der Waals surface area (Å²) in [6, 6.07) is 10.3. The van der Waals surface area contributed by atoms with E-state index in [1.165, 1.54) is 28.9 Å². The summed E-state index contributed by atoms with van der Waals surface area (Å²) in [6.07, 6.45) is 1.56. The van der Waals surface area contributed by atoms with E-state index in [9.17, 15) is 12.8 Å². The van der Waals surface area contributed by atoms with Crippen molar-refractivity contribution in [1.82, 2.24) is 9.62 Å². The van der Waals surface area contributed by atoms with Gasteiger partial charge in [0.2, 0.25) is 10.0 Å². The number of hydrogen-bond acceptors (Lipinski definition) is 4. The van der Waals surface area contributed by atoms with Gasteiger partial charge in [0, 0.05) is 37.9 Å². The number of benzene rings is 2. The number of fused-ring (bicyclic) bond motifs is 1. The molecule has 0 aromatic heterocycles. The Balaban J connectivity index is 1.60. The monoisotopic (exact) mass is 431 g/mol. The molecule has 4 rings (SSSR count). The molecular weight excluding hydrogens is 401 g/mol. The number of nitrogens with one attached hydrogen (secondary N) is 1. The van der Waals surface area contributed by atoms with Gasteiger partial charge in [0.05, 0.1) is 4.90 Å². The van der Waals surface area contributed by atoms with Crippen LogP contribution in [0.25, 0.3) is 0 Å². The third kappa shape index (κ3) is 4.11. The molecule has 1 aliphatic heterocycles. The van der Waals surface area contributed by atoms with Gasteiger partial charge in [0.25, 0.3) is 0 Å². The van der Waals surface area contributed by atoms with Gasteiger partial charge in [-0.3, -0.25) is 0 Å². The molecule has 1 N–H and O–H groups in total. The van der Waals surface area contributed by atoms with E-state index in [1.807, 2.05) is 0 Å². The van der Waals surface area contributed by atoms with Crippen molar-refractivity contribution in [2.45, 2.75) is 43.5 Å². The molecule has 0 bridgehead atoms. The van der Waals surface area contributed by atoms with E-state index < -0.39 is 15.8 Å². The fourth-order valence-electron chi connectivity index (χ4n) is 4.60. The molecule has 1 fully saturated rings. The first-order valence-electron chi connectivity index (χ1n) is 10.6. The lowest BCUT2D eigenvalue weighted by atomic mass is 9.79. The Kier molecular flexibility index (Phi) is 5.88. The number of aryl methyl sites for hydroxylation is 2. The Bertz CT molecular complexity index is 1030. The molecule has 162 valence electrons. The van der Waals surface area contributed by atoms with Crippen LogP contribution in [0.3, 0.4) is 0 Å². The van der Waals surface area contributed by atoms with Gasteiger partial charge in [-0.1, -0.05) is 25.1 Å². The van der Waals surface area contributed by atoms with Crippen molar-refractivity contribution < 1.29 is 12.8 Å². The highest BCUT2D eigenvalue weighted by molar-refractivity contribution is 7.89. The van der Waals surface area contributed by atoms with Crippen molar-refractivity contribution in [3.63, 3.8) is 0 Å². The summed E-state index contributed by atoms with van der Waals surface area (Å²) < 4.78 is 42.7. The number of likely N-dealkylation sites (N-methyl/N-ethyl adjacent to an activating group) is 1. The zero-order chi connectivity index (χ0) is 21.5. The minimum atomic E-state index is -3.79. The quantitative estimate of drug-likeness (QED) is 0.807. The van der Waals surface area contributed by atoms with Crippen molar-refractivity contribution in [2.24, 2.45) is 0 Å². The maximum absolute atomic E-state index is 13.9. The van der Waals surface area contributed by atoms with Crippen LogP contribution in [-0.4, -0.2) is 52.6 Å². The van der Waals surface area contributed by atoms with Crippen LogP contribution in [0.2, 0.25) is 0 Å². The summed E-state index contributed by atoms with van der Waals surface area (Å²) >= 11 is 0. The standard InChI is InChI=1S/C23H30FN3O2S/c1-16-7-9-19(15-20(16)24)30(28,29)25-21-10-8-18-5-4-6-22(23(18)17(21)2)27-13-11-26(3)12-14-27/h4-7,9,15,17,21,25H,8,10-14H2,1-3H3/t17?,21-/m1/s1. The summed E-state index contributed by atoms with van der Waals surface area (Å²) in [6.45, 7) is 7.71. The molecule has 2 aromatic rings. The maximum atomic E-state index is 13.9. The molecule has 0 spiro atoms. The van der Waals surface area contributed by atoms with Crippen LogP contribution < -0.4 is 9.62 Å². The number of anilines is 1. The fraction of sp³-hybridized carbons (Fsp3) is 0.478. The molecular formula is C23H30FN3O2S. The van der Waals surface area contributed by atoms with Crippen LogP contribution >= 0.6 is 0 Å².